The van der Waals surface area contributed by atoms with E-state index in [0.717, 1.165) is 80.9 Å². The van der Waals surface area contributed by atoms with Gasteiger partial charge in [0.25, 0.3) is 0 Å². The molecule has 3 aromatic rings. The molecule has 0 radical (unpaired) electrons. The van der Waals surface area contributed by atoms with Crippen LogP contribution in [0.3, 0.4) is 0 Å². The first-order valence-electron chi connectivity index (χ1n) is 16.1. The molecule has 6 rings (SSSR count). The molecular weight excluding hydrogens is 572 g/mol. The second kappa shape index (κ2) is 14.3. The first kappa shape index (κ1) is 30.8. The molecule has 7 heteroatoms. The van der Waals surface area contributed by atoms with E-state index >= 15 is 0 Å². The van der Waals surface area contributed by atoms with Crippen molar-refractivity contribution in [3.63, 3.8) is 0 Å². The van der Waals surface area contributed by atoms with E-state index < -0.39 is 6.10 Å². The van der Waals surface area contributed by atoms with E-state index in [2.05, 4.69) is 35.2 Å². The summed E-state index contributed by atoms with van der Waals surface area (Å²) in [5.41, 5.74) is 9.02. The van der Waals surface area contributed by atoms with Crippen molar-refractivity contribution in [3.8, 4) is 5.75 Å². The number of hydrogen-bond acceptors (Lipinski definition) is 6. The number of β-amino-alcohol motifs (C(OH)–C–C–N with tert-alkyl or cyclic N) is 1. The van der Waals surface area contributed by atoms with E-state index in [4.69, 9.17) is 26.1 Å². The van der Waals surface area contributed by atoms with E-state index in [1.165, 1.54) is 40.5 Å². The molecule has 0 bridgehead atoms. The average molecular weight is 615 g/mol. The van der Waals surface area contributed by atoms with Crippen molar-refractivity contribution in [3.05, 3.63) is 99.3 Å². The predicted molar refractivity (Wildman–Crippen MR) is 174 cm³/mol. The Hall–Kier alpha value is -3.19. The standard InChI is InChI=1S/C37H43ClN2O4/c1-43-35(42)21-25-4-6-26(7-5-25)27-10-13-33(14-11-27)44-24-32(41)23-40-19-16-28(17-20-40)36-34-15-12-31(38)22-30(34)9-8-29-3-2-18-39-37(29)36/h2-3,10-15,18,22,25-26,32,41H,4-9,16-17,19-21,23-24H2,1H3/t25-,26-,32?. The van der Waals surface area contributed by atoms with Crippen molar-refractivity contribution in [2.75, 3.05) is 33.4 Å². The first-order chi connectivity index (χ1) is 21.5. The van der Waals surface area contributed by atoms with Gasteiger partial charge in [-0.1, -0.05) is 41.4 Å². The van der Waals surface area contributed by atoms with Crippen LogP contribution in [0.2, 0.25) is 5.02 Å². The number of carbonyl (C=O) groups excluding carboxylic acids is 1. The Bertz CT molecular complexity index is 1470. The summed E-state index contributed by atoms with van der Waals surface area (Å²) in [4.78, 5) is 18.8. The number of aryl methyl sites for hydroxylation is 2. The maximum absolute atomic E-state index is 11.6. The molecule has 0 amide bonds. The van der Waals surface area contributed by atoms with Crippen molar-refractivity contribution in [1.82, 2.24) is 9.88 Å². The number of fused-ring (bicyclic) bond motifs is 2. The van der Waals surface area contributed by atoms with Crippen LogP contribution in [0, 0.1) is 5.92 Å². The fourth-order valence-electron chi connectivity index (χ4n) is 7.29. The summed E-state index contributed by atoms with van der Waals surface area (Å²) in [5.74, 6) is 1.65. The summed E-state index contributed by atoms with van der Waals surface area (Å²) >= 11 is 6.38. The molecule has 44 heavy (non-hydrogen) atoms. The second-order valence-electron chi connectivity index (χ2n) is 12.6. The van der Waals surface area contributed by atoms with Crippen LogP contribution in [0.15, 0.2) is 66.4 Å². The van der Waals surface area contributed by atoms with E-state index in [-0.39, 0.29) is 12.6 Å². The van der Waals surface area contributed by atoms with Crippen LogP contribution in [0.1, 0.15) is 78.8 Å². The molecule has 1 unspecified atom stereocenters. The number of pyridine rings is 1. The number of hydrogen-bond donors (Lipinski definition) is 1. The fourth-order valence-corrected chi connectivity index (χ4v) is 7.48. The number of methoxy groups -OCH3 is 1. The molecule has 2 aromatic carbocycles. The minimum absolute atomic E-state index is 0.102. The van der Waals surface area contributed by atoms with Crippen molar-refractivity contribution >= 4 is 23.1 Å². The summed E-state index contributed by atoms with van der Waals surface area (Å²) in [6.45, 7) is 2.67. The number of aromatic nitrogens is 1. The summed E-state index contributed by atoms with van der Waals surface area (Å²) in [6.07, 6.45) is 10.0. The molecule has 2 heterocycles. The van der Waals surface area contributed by atoms with Gasteiger partial charge in [-0.25, -0.2) is 0 Å². The molecule has 0 spiro atoms. The number of aliphatic hydroxyl groups is 1. The third-order valence-electron chi connectivity index (χ3n) is 9.73. The van der Waals surface area contributed by atoms with Gasteiger partial charge in [-0.2, -0.15) is 0 Å². The smallest absolute Gasteiger partial charge is 0.305 e. The lowest BCUT2D eigenvalue weighted by Crippen LogP contribution is -2.39. The van der Waals surface area contributed by atoms with Crippen LogP contribution in [-0.2, 0) is 22.4 Å². The van der Waals surface area contributed by atoms with Crippen molar-refractivity contribution in [2.24, 2.45) is 5.92 Å². The minimum Gasteiger partial charge on any atom is -0.491 e. The fraction of sp³-hybridized carbons (Fsp3) is 0.459. The average Bonchev–Trinajstić information content (AvgIpc) is 3.21. The number of carbonyl (C=O) groups is 1. The molecule has 1 N–H and O–H groups in total. The molecule has 2 aliphatic carbocycles. The van der Waals surface area contributed by atoms with Gasteiger partial charge in [0, 0.05) is 42.8 Å². The Balaban J connectivity index is 1.01. The molecule has 1 aliphatic heterocycles. The topological polar surface area (TPSA) is 71.9 Å². The molecular formula is C37H43ClN2O4. The molecule has 3 aliphatic rings. The van der Waals surface area contributed by atoms with Crippen LogP contribution < -0.4 is 4.74 Å². The molecule has 6 nitrogen and oxygen atoms in total. The van der Waals surface area contributed by atoms with Crippen LogP contribution in [0.4, 0.5) is 0 Å². The first-order valence-corrected chi connectivity index (χ1v) is 16.5. The monoisotopic (exact) mass is 614 g/mol. The summed E-state index contributed by atoms with van der Waals surface area (Å²) < 4.78 is 10.8. The number of nitrogens with zero attached hydrogens (tertiary/aromatic N) is 2. The number of likely N-dealkylation sites (tertiary alicyclic amines) is 1. The van der Waals surface area contributed by atoms with Gasteiger partial charge < -0.3 is 14.6 Å². The van der Waals surface area contributed by atoms with Gasteiger partial charge in [-0.05, 0) is 116 Å². The van der Waals surface area contributed by atoms with Gasteiger partial charge in [-0.15, -0.1) is 0 Å². The number of ether oxygens (including phenoxy) is 2. The van der Waals surface area contributed by atoms with E-state index in [1.807, 2.05) is 30.5 Å². The third kappa shape index (κ3) is 7.36. The summed E-state index contributed by atoms with van der Waals surface area (Å²) in [7, 11) is 1.46. The van der Waals surface area contributed by atoms with Gasteiger partial charge in [0.05, 0.1) is 12.8 Å². The highest BCUT2D eigenvalue weighted by atomic mass is 35.5. The third-order valence-corrected chi connectivity index (χ3v) is 9.97. The van der Waals surface area contributed by atoms with Crippen molar-refractivity contribution in [1.29, 1.82) is 0 Å². The number of aliphatic hydroxyl groups excluding tert-OH is 1. The highest BCUT2D eigenvalue weighted by Gasteiger charge is 2.27. The maximum atomic E-state index is 11.6. The number of piperidine rings is 1. The Morgan fingerprint density at radius 1 is 1.00 bits per heavy atom. The lowest BCUT2D eigenvalue weighted by molar-refractivity contribution is -0.142. The maximum Gasteiger partial charge on any atom is 0.305 e. The lowest BCUT2D eigenvalue weighted by Gasteiger charge is -2.31. The van der Waals surface area contributed by atoms with Crippen LogP contribution in [0.5, 0.6) is 5.75 Å². The SMILES string of the molecule is COC(=O)C[C@H]1CC[C@H](c2ccc(OCC(O)CN3CCC(=C4c5ccc(Cl)cc5CCc5cccnc54)CC3)cc2)CC1. The normalized spacial score (nSPS) is 21.2. The zero-order valence-electron chi connectivity index (χ0n) is 25.6. The Morgan fingerprint density at radius 2 is 1.75 bits per heavy atom. The molecule has 2 fully saturated rings. The zero-order valence-corrected chi connectivity index (χ0v) is 26.4. The van der Waals surface area contributed by atoms with Crippen molar-refractivity contribution < 1.29 is 19.4 Å². The van der Waals surface area contributed by atoms with E-state index in [0.29, 0.717) is 24.8 Å². The summed E-state index contributed by atoms with van der Waals surface area (Å²) in [5, 5.41) is 11.6. The largest absolute Gasteiger partial charge is 0.491 e. The second-order valence-corrected chi connectivity index (χ2v) is 13.1. The van der Waals surface area contributed by atoms with Gasteiger partial charge >= 0.3 is 5.97 Å². The number of rotatable bonds is 8. The molecule has 1 aromatic heterocycles. The Kier molecular flexibility index (Phi) is 10.00. The molecule has 1 atom stereocenters. The zero-order chi connectivity index (χ0) is 30.5. The van der Waals surface area contributed by atoms with Gasteiger partial charge in [0.2, 0.25) is 0 Å². The molecule has 1 saturated carbocycles. The van der Waals surface area contributed by atoms with Crippen molar-refractivity contribution in [2.45, 2.75) is 69.8 Å². The van der Waals surface area contributed by atoms with Crippen LogP contribution >= 0.6 is 11.6 Å². The minimum atomic E-state index is -0.558. The molecule has 232 valence electrons. The number of halogens is 1. The number of benzene rings is 2. The molecule has 1 saturated heterocycles. The van der Waals surface area contributed by atoms with Gasteiger partial charge in [0.15, 0.2) is 0 Å². The quantitative estimate of drug-likeness (QED) is 0.275. The predicted octanol–water partition coefficient (Wildman–Crippen LogP) is 7.01. The Morgan fingerprint density at radius 3 is 2.50 bits per heavy atom. The van der Waals surface area contributed by atoms with Gasteiger partial charge in [-0.3, -0.25) is 14.7 Å². The van der Waals surface area contributed by atoms with E-state index in [9.17, 15) is 9.90 Å². The Labute approximate surface area is 266 Å². The lowest BCUT2D eigenvalue weighted by atomic mass is 9.77. The van der Waals surface area contributed by atoms with Crippen LogP contribution in [-0.4, -0.2) is 60.4 Å². The van der Waals surface area contributed by atoms with E-state index in [1.54, 1.807) is 0 Å². The van der Waals surface area contributed by atoms with Crippen LogP contribution in [0.25, 0.3) is 5.57 Å². The number of esters is 1. The highest BCUT2D eigenvalue weighted by molar-refractivity contribution is 6.30. The summed E-state index contributed by atoms with van der Waals surface area (Å²) in [6, 6.07) is 18.9. The highest BCUT2D eigenvalue weighted by Crippen LogP contribution is 2.39. The van der Waals surface area contributed by atoms with Gasteiger partial charge in [0.1, 0.15) is 18.5 Å².